The Labute approximate surface area is 111 Å². The van der Waals surface area contributed by atoms with Crippen molar-refractivity contribution in [1.29, 1.82) is 0 Å². The number of hydrogen-bond acceptors (Lipinski definition) is 6. The molecule has 0 amide bonds. The maximum atomic E-state index is 10.9. The smallest absolute Gasteiger partial charge is 0.277 e. The van der Waals surface area contributed by atoms with E-state index in [2.05, 4.69) is 0 Å². The second kappa shape index (κ2) is 6.91. The van der Waals surface area contributed by atoms with Crippen LogP contribution in [0.2, 0.25) is 0 Å². The second-order valence-corrected chi connectivity index (χ2v) is 4.08. The summed E-state index contributed by atoms with van der Waals surface area (Å²) in [7, 11) is 1.45. The molecule has 0 bridgehead atoms. The number of benzene rings is 1. The van der Waals surface area contributed by atoms with Gasteiger partial charge >= 0.3 is 0 Å². The maximum absolute atomic E-state index is 10.9. The number of ether oxygens (including phenoxy) is 2. The van der Waals surface area contributed by atoms with Crippen LogP contribution in [0.5, 0.6) is 11.5 Å². The first-order valence-corrected chi connectivity index (χ1v) is 5.85. The Morgan fingerprint density at radius 1 is 1.47 bits per heavy atom. The Kier molecular flexibility index (Phi) is 5.53. The molecule has 0 saturated heterocycles. The Morgan fingerprint density at radius 3 is 2.63 bits per heavy atom. The number of aliphatic hydroxyl groups excluding tert-OH is 1. The summed E-state index contributed by atoms with van der Waals surface area (Å²) in [6, 6.07) is 2.79. The van der Waals surface area contributed by atoms with Crippen molar-refractivity contribution in [2.45, 2.75) is 26.0 Å². The maximum Gasteiger partial charge on any atom is 0.277 e. The third-order valence-corrected chi connectivity index (χ3v) is 2.57. The zero-order chi connectivity index (χ0) is 14.4. The van der Waals surface area contributed by atoms with E-state index in [-0.39, 0.29) is 24.6 Å². The van der Waals surface area contributed by atoms with E-state index in [1.807, 2.05) is 0 Å². The molecule has 0 aliphatic heterocycles. The highest BCUT2D eigenvalue weighted by molar-refractivity contribution is 5.54. The Morgan fingerprint density at radius 2 is 2.16 bits per heavy atom. The van der Waals surface area contributed by atoms with Gasteiger partial charge in [-0.3, -0.25) is 10.1 Å². The van der Waals surface area contributed by atoms with E-state index < -0.39 is 11.0 Å². The third kappa shape index (κ3) is 4.08. The van der Waals surface area contributed by atoms with Crippen molar-refractivity contribution >= 4 is 5.69 Å². The van der Waals surface area contributed by atoms with Gasteiger partial charge in [-0.1, -0.05) is 0 Å². The third-order valence-electron chi connectivity index (χ3n) is 2.57. The van der Waals surface area contributed by atoms with E-state index >= 15 is 0 Å². The first-order valence-electron chi connectivity index (χ1n) is 5.85. The van der Waals surface area contributed by atoms with E-state index in [0.29, 0.717) is 17.7 Å². The monoisotopic (exact) mass is 270 g/mol. The molecular weight excluding hydrogens is 252 g/mol. The Bertz CT molecular complexity index is 448. The van der Waals surface area contributed by atoms with Crippen molar-refractivity contribution in [1.82, 2.24) is 0 Å². The largest absolute Gasteiger partial charge is 0.493 e. The fourth-order valence-corrected chi connectivity index (χ4v) is 1.54. The first-order chi connectivity index (χ1) is 8.99. The van der Waals surface area contributed by atoms with Crippen molar-refractivity contribution in [2.24, 2.45) is 5.73 Å². The highest BCUT2D eigenvalue weighted by Crippen LogP contribution is 2.34. The first kappa shape index (κ1) is 15.2. The molecule has 0 aliphatic carbocycles. The van der Waals surface area contributed by atoms with E-state index in [9.17, 15) is 10.1 Å². The molecule has 106 valence electrons. The van der Waals surface area contributed by atoms with Crippen LogP contribution in [0.4, 0.5) is 5.69 Å². The highest BCUT2D eigenvalue weighted by Gasteiger charge is 2.18. The SMILES string of the molecule is COc1cc(CN)c([N+](=O)[O-])cc1OCCC(C)O. The number of aliphatic hydroxyl groups is 1. The predicted molar refractivity (Wildman–Crippen MR) is 69.3 cm³/mol. The van der Waals surface area contributed by atoms with Gasteiger partial charge in [-0.2, -0.15) is 0 Å². The van der Waals surface area contributed by atoms with Crippen molar-refractivity contribution in [2.75, 3.05) is 13.7 Å². The summed E-state index contributed by atoms with van der Waals surface area (Å²) < 4.78 is 10.5. The molecule has 0 radical (unpaired) electrons. The van der Waals surface area contributed by atoms with Crippen LogP contribution in [-0.4, -0.2) is 29.9 Å². The van der Waals surface area contributed by atoms with E-state index in [1.54, 1.807) is 6.92 Å². The fraction of sp³-hybridized carbons (Fsp3) is 0.500. The number of nitrogens with zero attached hydrogens (tertiary/aromatic N) is 1. The van der Waals surface area contributed by atoms with Crippen LogP contribution in [-0.2, 0) is 6.54 Å². The van der Waals surface area contributed by atoms with Crippen LogP contribution in [0, 0.1) is 10.1 Å². The lowest BCUT2D eigenvalue weighted by Gasteiger charge is -2.12. The summed E-state index contributed by atoms with van der Waals surface area (Å²) >= 11 is 0. The Balaban J connectivity index is 3.01. The molecule has 0 aromatic heterocycles. The van der Waals surface area contributed by atoms with Gasteiger partial charge in [0, 0.05) is 18.5 Å². The molecular formula is C12H18N2O5. The normalized spacial score (nSPS) is 12.0. The van der Waals surface area contributed by atoms with Gasteiger partial charge in [0.2, 0.25) is 0 Å². The molecule has 1 unspecified atom stereocenters. The minimum atomic E-state index is -0.511. The van der Waals surface area contributed by atoms with Crippen LogP contribution < -0.4 is 15.2 Å². The van der Waals surface area contributed by atoms with Gasteiger partial charge < -0.3 is 20.3 Å². The average Bonchev–Trinajstić information content (AvgIpc) is 2.37. The number of nitro groups is 1. The van der Waals surface area contributed by atoms with Crippen LogP contribution >= 0.6 is 0 Å². The summed E-state index contributed by atoms with van der Waals surface area (Å²) in [5, 5.41) is 20.1. The van der Waals surface area contributed by atoms with E-state index in [0.717, 1.165) is 0 Å². The lowest BCUT2D eigenvalue weighted by Crippen LogP contribution is -2.09. The quantitative estimate of drug-likeness (QED) is 0.569. The molecule has 1 aromatic carbocycles. The molecule has 0 fully saturated rings. The molecule has 0 saturated carbocycles. The minimum absolute atomic E-state index is 0.0423. The van der Waals surface area contributed by atoms with E-state index in [4.69, 9.17) is 20.3 Å². The predicted octanol–water partition coefficient (Wildman–Crippen LogP) is 1.21. The van der Waals surface area contributed by atoms with Gasteiger partial charge in [0.05, 0.1) is 30.8 Å². The molecule has 7 nitrogen and oxygen atoms in total. The van der Waals surface area contributed by atoms with Gasteiger partial charge in [-0.25, -0.2) is 0 Å². The Hall–Kier alpha value is -1.86. The molecule has 7 heteroatoms. The molecule has 0 aliphatic rings. The van der Waals surface area contributed by atoms with Crippen molar-refractivity contribution in [3.8, 4) is 11.5 Å². The molecule has 1 aromatic rings. The fourth-order valence-electron chi connectivity index (χ4n) is 1.54. The standard InChI is InChI=1S/C12H18N2O5/c1-8(15)3-4-19-12-6-10(14(16)17)9(7-13)5-11(12)18-2/h5-6,8,15H,3-4,7,13H2,1-2H3. The number of nitrogens with two attached hydrogens (primary N) is 1. The van der Waals surface area contributed by atoms with Gasteiger partial charge in [0.25, 0.3) is 5.69 Å². The minimum Gasteiger partial charge on any atom is -0.493 e. The number of nitro benzene ring substituents is 1. The molecule has 0 spiro atoms. The van der Waals surface area contributed by atoms with Crippen LogP contribution in [0.25, 0.3) is 0 Å². The highest BCUT2D eigenvalue weighted by atomic mass is 16.6. The van der Waals surface area contributed by atoms with Crippen LogP contribution in [0.3, 0.4) is 0 Å². The van der Waals surface area contributed by atoms with Crippen LogP contribution in [0.1, 0.15) is 18.9 Å². The van der Waals surface area contributed by atoms with Crippen molar-refractivity contribution < 1.29 is 19.5 Å². The topological polar surface area (TPSA) is 108 Å². The lowest BCUT2D eigenvalue weighted by atomic mass is 10.1. The van der Waals surface area contributed by atoms with Gasteiger partial charge in [0.15, 0.2) is 11.5 Å². The molecule has 19 heavy (non-hydrogen) atoms. The van der Waals surface area contributed by atoms with Gasteiger partial charge in [0.1, 0.15) is 0 Å². The zero-order valence-corrected chi connectivity index (χ0v) is 11.0. The zero-order valence-electron chi connectivity index (χ0n) is 11.0. The van der Waals surface area contributed by atoms with E-state index in [1.165, 1.54) is 19.2 Å². The summed E-state index contributed by atoms with van der Waals surface area (Å²) in [4.78, 5) is 10.4. The summed E-state index contributed by atoms with van der Waals surface area (Å²) in [6.07, 6.45) is -0.0698. The number of hydrogen-bond donors (Lipinski definition) is 2. The van der Waals surface area contributed by atoms with Gasteiger partial charge in [-0.15, -0.1) is 0 Å². The molecule has 0 heterocycles. The molecule has 1 atom stereocenters. The van der Waals surface area contributed by atoms with Gasteiger partial charge in [-0.05, 0) is 13.0 Å². The summed E-state index contributed by atoms with van der Waals surface area (Å²) in [6.45, 7) is 1.92. The number of methoxy groups -OCH3 is 1. The van der Waals surface area contributed by atoms with Crippen molar-refractivity contribution in [3.63, 3.8) is 0 Å². The van der Waals surface area contributed by atoms with Crippen LogP contribution in [0.15, 0.2) is 12.1 Å². The lowest BCUT2D eigenvalue weighted by molar-refractivity contribution is -0.385. The summed E-state index contributed by atoms with van der Waals surface area (Å²) in [5.41, 5.74) is 5.75. The summed E-state index contributed by atoms with van der Waals surface area (Å²) in [5.74, 6) is 0.656. The second-order valence-electron chi connectivity index (χ2n) is 4.08. The molecule has 3 N–H and O–H groups in total. The number of rotatable bonds is 7. The average molecular weight is 270 g/mol. The van der Waals surface area contributed by atoms with Crippen molar-refractivity contribution in [3.05, 3.63) is 27.8 Å². The molecule has 1 rings (SSSR count).